The van der Waals surface area contributed by atoms with Crippen LogP contribution in [0.2, 0.25) is 0 Å². The molecule has 21 heavy (non-hydrogen) atoms. The zero-order chi connectivity index (χ0) is 15.2. The number of fused-ring (bicyclic) bond motifs is 1. The van der Waals surface area contributed by atoms with Crippen molar-refractivity contribution in [3.8, 4) is 11.4 Å². The average molecular weight is 359 g/mol. The molecular weight excluding hydrogens is 352 g/mol. The molecule has 1 heterocycles. The number of nitrogens with zero attached hydrogens (tertiary/aromatic N) is 1. The second-order valence-corrected chi connectivity index (χ2v) is 5.35. The van der Waals surface area contributed by atoms with E-state index in [9.17, 15) is 17.6 Å². The standard InChI is InChI=1S/C14H7BrF4N2/c15-8-2-4-11-12(6-8)21-13(20-11)9-5-7(14(17,18)19)1-3-10(9)16/h1-6H,(H,20,21). The molecule has 7 heteroatoms. The van der Waals surface area contributed by atoms with Crippen LogP contribution in [0.25, 0.3) is 22.4 Å². The van der Waals surface area contributed by atoms with Gasteiger partial charge in [-0.1, -0.05) is 15.9 Å². The summed E-state index contributed by atoms with van der Waals surface area (Å²) in [7, 11) is 0. The second kappa shape index (κ2) is 4.84. The normalized spacial score (nSPS) is 12.0. The lowest BCUT2D eigenvalue weighted by atomic mass is 10.1. The number of benzene rings is 2. The maximum atomic E-state index is 13.8. The Bertz CT molecular complexity index is 823. The highest BCUT2D eigenvalue weighted by Crippen LogP contribution is 2.33. The predicted octanol–water partition coefficient (Wildman–Crippen LogP) is 5.15. The number of hydrogen-bond acceptors (Lipinski definition) is 1. The molecule has 108 valence electrons. The first-order chi connectivity index (χ1) is 9.84. The van der Waals surface area contributed by atoms with E-state index in [1.165, 1.54) is 0 Å². The van der Waals surface area contributed by atoms with Crippen LogP contribution in [-0.4, -0.2) is 9.97 Å². The predicted molar refractivity (Wildman–Crippen MR) is 74.2 cm³/mol. The van der Waals surface area contributed by atoms with Gasteiger partial charge in [0.15, 0.2) is 0 Å². The Labute approximate surface area is 124 Å². The summed E-state index contributed by atoms with van der Waals surface area (Å²) >= 11 is 3.28. The van der Waals surface area contributed by atoms with Crippen molar-refractivity contribution >= 4 is 27.0 Å². The van der Waals surface area contributed by atoms with Gasteiger partial charge in [0.25, 0.3) is 0 Å². The first kappa shape index (κ1) is 14.1. The highest BCUT2D eigenvalue weighted by molar-refractivity contribution is 9.10. The number of hydrogen-bond donors (Lipinski definition) is 1. The Kier molecular flexibility index (Phi) is 3.24. The van der Waals surface area contributed by atoms with Crippen LogP contribution in [0, 0.1) is 5.82 Å². The lowest BCUT2D eigenvalue weighted by molar-refractivity contribution is -0.137. The van der Waals surface area contributed by atoms with Gasteiger partial charge in [-0.2, -0.15) is 13.2 Å². The number of nitrogens with one attached hydrogen (secondary N) is 1. The molecule has 0 atom stereocenters. The van der Waals surface area contributed by atoms with Gasteiger partial charge in [-0.05, 0) is 36.4 Å². The number of rotatable bonds is 1. The topological polar surface area (TPSA) is 28.7 Å². The summed E-state index contributed by atoms with van der Waals surface area (Å²) in [5.74, 6) is -0.701. The fraction of sp³-hybridized carbons (Fsp3) is 0.0714. The van der Waals surface area contributed by atoms with Crippen molar-refractivity contribution < 1.29 is 17.6 Å². The minimum atomic E-state index is -4.53. The summed E-state index contributed by atoms with van der Waals surface area (Å²) in [6, 6.07) is 7.40. The third kappa shape index (κ3) is 2.65. The Hall–Kier alpha value is -1.89. The zero-order valence-electron chi connectivity index (χ0n) is 10.3. The maximum Gasteiger partial charge on any atom is 0.416 e. The molecule has 0 saturated heterocycles. The molecule has 0 fully saturated rings. The van der Waals surface area contributed by atoms with E-state index in [1.807, 2.05) is 0 Å². The van der Waals surface area contributed by atoms with Gasteiger partial charge in [0, 0.05) is 4.47 Å². The first-order valence-corrected chi connectivity index (χ1v) is 6.66. The lowest BCUT2D eigenvalue weighted by Crippen LogP contribution is -2.05. The molecule has 3 aromatic rings. The zero-order valence-corrected chi connectivity index (χ0v) is 11.9. The van der Waals surface area contributed by atoms with E-state index in [2.05, 4.69) is 25.9 Å². The van der Waals surface area contributed by atoms with E-state index in [1.54, 1.807) is 18.2 Å². The lowest BCUT2D eigenvalue weighted by Gasteiger charge is -2.08. The highest BCUT2D eigenvalue weighted by atomic mass is 79.9. The van der Waals surface area contributed by atoms with Crippen molar-refractivity contribution in [1.29, 1.82) is 0 Å². The van der Waals surface area contributed by atoms with Crippen molar-refractivity contribution in [2.24, 2.45) is 0 Å². The number of alkyl halides is 3. The maximum absolute atomic E-state index is 13.8. The number of aromatic amines is 1. The molecule has 0 bridgehead atoms. The Morgan fingerprint density at radius 1 is 1.05 bits per heavy atom. The summed E-state index contributed by atoms with van der Waals surface area (Å²) in [5, 5.41) is 0. The van der Waals surface area contributed by atoms with Crippen molar-refractivity contribution in [1.82, 2.24) is 9.97 Å². The molecule has 2 nitrogen and oxygen atoms in total. The molecule has 1 aromatic heterocycles. The van der Waals surface area contributed by atoms with Gasteiger partial charge in [-0.3, -0.25) is 0 Å². The third-order valence-electron chi connectivity index (χ3n) is 2.99. The van der Waals surface area contributed by atoms with Crippen molar-refractivity contribution in [3.63, 3.8) is 0 Å². The number of H-pyrrole nitrogens is 1. The van der Waals surface area contributed by atoms with Crippen LogP contribution in [0.1, 0.15) is 5.56 Å². The van der Waals surface area contributed by atoms with Gasteiger partial charge in [-0.15, -0.1) is 0 Å². The molecule has 2 aromatic carbocycles. The minimum absolute atomic E-state index is 0.0618. The van der Waals surface area contributed by atoms with E-state index >= 15 is 0 Å². The summed E-state index contributed by atoms with van der Waals surface area (Å²) in [6.07, 6.45) is -4.53. The van der Waals surface area contributed by atoms with Crippen molar-refractivity contribution in [3.05, 3.63) is 52.3 Å². The third-order valence-corrected chi connectivity index (χ3v) is 3.49. The van der Waals surface area contributed by atoms with Crippen LogP contribution in [0.4, 0.5) is 17.6 Å². The van der Waals surface area contributed by atoms with Gasteiger partial charge < -0.3 is 4.98 Å². The molecule has 1 N–H and O–H groups in total. The van der Waals surface area contributed by atoms with E-state index in [0.29, 0.717) is 17.1 Å². The van der Waals surface area contributed by atoms with E-state index in [0.717, 1.165) is 16.6 Å². The fourth-order valence-corrected chi connectivity index (χ4v) is 2.35. The highest BCUT2D eigenvalue weighted by Gasteiger charge is 2.31. The molecular formula is C14H7BrF4N2. The van der Waals surface area contributed by atoms with Gasteiger partial charge in [0.05, 0.1) is 22.2 Å². The SMILES string of the molecule is Fc1ccc(C(F)(F)F)cc1-c1nc2ccc(Br)cc2[nH]1. The van der Waals surface area contributed by atoms with Crippen molar-refractivity contribution in [2.75, 3.05) is 0 Å². The monoisotopic (exact) mass is 358 g/mol. The van der Waals surface area contributed by atoms with E-state index in [4.69, 9.17) is 0 Å². The van der Waals surface area contributed by atoms with Gasteiger partial charge in [0.1, 0.15) is 11.6 Å². The second-order valence-electron chi connectivity index (χ2n) is 4.44. The molecule has 0 amide bonds. The fourth-order valence-electron chi connectivity index (χ4n) is 1.99. The summed E-state index contributed by atoms with van der Waals surface area (Å²) < 4.78 is 52.7. The minimum Gasteiger partial charge on any atom is -0.338 e. The van der Waals surface area contributed by atoms with Gasteiger partial charge >= 0.3 is 6.18 Å². The summed E-state index contributed by atoms with van der Waals surface area (Å²) in [6.45, 7) is 0. The van der Waals surface area contributed by atoms with Gasteiger partial charge in [0.2, 0.25) is 0 Å². The molecule has 0 unspecified atom stereocenters. The van der Waals surface area contributed by atoms with Crippen LogP contribution in [0.5, 0.6) is 0 Å². The molecule has 0 radical (unpaired) electrons. The number of halogens is 5. The Morgan fingerprint density at radius 2 is 1.81 bits per heavy atom. The van der Waals surface area contributed by atoms with Crippen LogP contribution in [0.3, 0.4) is 0 Å². The van der Waals surface area contributed by atoms with Gasteiger partial charge in [-0.25, -0.2) is 9.37 Å². The quantitative estimate of drug-likeness (QED) is 0.598. The van der Waals surface area contributed by atoms with E-state index < -0.39 is 17.6 Å². The Morgan fingerprint density at radius 3 is 2.52 bits per heavy atom. The molecule has 3 rings (SSSR count). The van der Waals surface area contributed by atoms with Crippen LogP contribution >= 0.6 is 15.9 Å². The first-order valence-electron chi connectivity index (χ1n) is 5.87. The summed E-state index contributed by atoms with van der Waals surface area (Å²) in [5.41, 5.74) is 0.0267. The van der Waals surface area contributed by atoms with Crippen LogP contribution < -0.4 is 0 Å². The molecule has 0 saturated carbocycles. The van der Waals surface area contributed by atoms with Crippen LogP contribution in [0.15, 0.2) is 40.9 Å². The number of imidazole rings is 1. The van der Waals surface area contributed by atoms with Crippen LogP contribution in [-0.2, 0) is 6.18 Å². The molecule has 0 aliphatic rings. The molecule has 0 aliphatic carbocycles. The Balaban J connectivity index is 2.17. The molecule has 0 aliphatic heterocycles. The largest absolute Gasteiger partial charge is 0.416 e. The molecule has 0 spiro atoms. The number of aromatic nitrogens is 2. The average Bonchev–Trinajstić information content (AvgIpc) is 2.80. The summed E-state index contributed by atoms with van der Waals surface area (Å²) in [4.78, 5) is 6.95. The van der Waals surface area contributed by atoms with E-state index in [-0.39, 0.29) is 11.4 Å². The smallest absolute Gasteiger partial charge is 0.338 e. The van der Waals surface area contributed by atoms with Crippen molar-refractivity contribution in [2.45, 2.75) is 6.18 Å².